The van der Waals surface area contributed by atoms with Crippen molar-refractivity contribution in [3.8, 4) is 0 Å². The molecular formula is C13H16BrNO3S. The molecule has 1 aliphatic heterocycles. The second kappa shape index (κ2) is 5.63. The molecule has 0 spiro atoms. The van der Waals surface area contributed by atoms with Gasteiger partial charge in [-0.05, 0) is 37.5 Å². The van der Waals surface area contributed by atoms with E-state index in [4.69, 9.17) is 0 Å². The van der Waals surface area contributed by atoms with Gasteiger partial charge in [-0.15, -0.1) is 0 Å². The van der Waals surface area contributed by atoms with Crippen molar-refractivity contribution < 1.29 is 13.2 Å². The van der Waals surface area contributed by atoms with Crippen LogP contribution >= 0.6 is 15.9 Å². The monoisotopic (exact) mass is 345 g/mol. The summed E-state index contributed by atoms with van der Waals surface area (Å²) in [6.07, 6.45) is 1.00. The van der Waals surface area contributed by atoms with Crippen molar-refractivity contribution in [2.75, 3.05) is 11.5 Å². The Bertz CT molecular complexity index is 584. The van der Waals surface area contributed by atoms with Gasteiger partial charge in [0.25, 0.3) is 5.91 Å². The molecule has 0 bridgehead atoms. The van der Waals surface area contributed by atoms with Crippen LogP contribution in [0.5, 0.6) is 0 Å². The molecule has 1 aliphatic rings. The molecule has 1 aromatic carbocycles. The van der Waals surface area contributed by atoms with E-state index in [9.17, 15) is 13.2 Å². The number of benzene rings is 1. The molecule has 104 valence electrons. The first-order valence-electron chi connectivity index (χ1n) is 6.15. The van der Waals surface area contributed by atoms with Gasteiger partial charge in [-0.3, -0.25) is 4.79 Å². The number of carbonyl (C=O) groups is 1. The number of amides is 1. The Labute approximate surface area is 121 Å². The number of halogens is 1. The quantitative estimate of drug-likeness (QED) is 0.892. The summed E-state index contributed by atoms with van der Waals surface area (Å²) >= 11 is 3.40. The number of sulfone groups is 1. The molecule has 1 amide bonds. The lowest BCUT2D eigenvalue weighted by Gasteiger charge is -2.23. The third-order valence-electron chi connectivity index (χ3n) is 3.40. The first-order valence-corrected chi connectivity index (χ1v) is 8.77. The maximum atomic E-state index is 12.2. The molecule has 1 saturated heterocycles. The van der Waals surface area contributed by atoms with Crippen LogP contribution in [0, 0.1) is 6.92 Å². The molecule has 2 rings (SSSR count). The smallest absolute Gasteiger partial charge is 0.251 e. The van der Waals surface area contributed by atoms with Gasteiger partial charge in [-0.1, -0.05) is 22.0 Å². The largest absolute Gasteiger partial charge is 0.349 e. The maximum absolute atomic E-state index is 12.2. The first kappa shape index (κ1) is 14.5. The van der Waals surface area contributed by atoms with Gasteiger partial charge >= 0.3 is 0 Å². The SMILES string of the molecule is Cc1c(Br)cccc1C(=O)NC1CCS(=O)(=O)CC1. The molecular weight excluding hydrogens is 330 g/mol. The van der Waals surface area contributed by atoms with Crippen LogP contribution in [0.4, 0.5) is 0 Å². The fourth-order valence-corrected chi connectivity index (χ4v) is 4.01. The summed E-state index contributed by atoms with van der Waals surface area (Å²) in [6, 6.07) is 5.43. The predicted octanol–water partition coefficient (Wildman–Crippen LogP) is 2.06. The number of hydrogen-bond donors (Lipinski definition) is 1. The summed E-state index contributed by atoms with van der Waals surface area (Å²) in [5, 5.41) is 2.92. The van der Waals surface area contributed by atoms with Gasteiger partial charge in [0, 0.05) is 16.1 Å². The molecule has 1 heterocycles. The lowest BCUT2D eigenvalue weighted by molar-refractivity contribution is 0.0933. The summed E-state index contributed by atoms with van der Waals surface area (Å²) in [5.41, 5.74) is 1.52. The molecule has 0 radical (unpaired) electrons. The van der Waals surface area contributed by atoms with Crippen LogP contribution in [-0.2, 0) is 9.84 Å². The van der Waals surface area contributed by atoms with E-state index in [0.717, 1.165) is 10.0 Å². The number of nitrogens with one attached hydrogen (secondary N) is 1. The number of carbonyl (C=O) groups excluding carboxylic acids is 1. The highest BCUT2D eigenvalue weighted by Gasteiger charge is 2.25. The van der Waals surface area contributed by atoms with E-state index < -0.39 is 9.84 Å². The molecule has 0 saturated carbocycles. The second-order valence-corrected chi connectivity index (χ2v) is 7.97. The standard InChI is InChI=1S/C13H16BrNO3S/c1-9-11(3-2-4-12(9)14)13(16)15-10-5-7-19(17,18)8-6-10/h2-4,10H,5-8H2,1H3,(H,15,16). The van der Waals surface area contributed by atoms with Gasteiger partial charge in [-0.25, -0.2) is 8.42 Å². The van der Waals surface area contributed by atoms with Gasteiger partial charge in [0.2, 0.25) is 0 Å². The highest BCUT2D eigenvalue weighted by Crippen LogP contribution is 2.20. The van der Waals surface area contributed by atoms with Gasteiger partial charge in [-0.2, -0.15) is 0 Å². The fraction of sp³-hybridized carbons (Fsp3) is 0.462. The van der Waals surface area contributed by atoms with E-state index in [0.29, 0.717) is 18.4 Å². The second-order valence-electron chi connectivity index (χ2n) is 4.81. The molecule has 1 fully saturated rings. The Kier molecular flexibility index (Phi) is 4.30. The minimum Gasteiger partial charge on any atom is -0.349 e. The van der Waals surface area contributed by atoms with Crippen molar-refractivity contribution in [2.24, 2.45) is 0 Å². The minimum absolute atomic E-state index is 0.0468. The molecule has 4 nitrogen and oxygen atoms in total. The van der Waals surface area contributed by atoms with E-state index in [-0.39, 0.29) is 23.5 Å². The third kappa shape index (κ3) is 3.57. The van der Waals surface area contributed by atoms with E-state index >= 15 is 0 Å². The molecule has 0 aliphatic carbocycles. The molecule has 0 aromatic heterocycles. The van der Waals surface area contributed by atoms with Crippen LogP contribution in [0.15, 0.2) is 22.7 Å². The zero-order valence-electron chi connectivity index (χ0n) is 10.6. The Morgan fingerprint density at radius 2 is 1.95 bits per heavy atom. The highest BCUT2D eigenvalue weighted by molar-refractivity contribution is 9.10. The Balaban J connectivity index is 2.04. The first-order chi connectivity index (χ1) is 8.89. The predicted molar refractivity (Wildman–Crippen MR) is 78.0 cm³/mol. The van der Waals surface area contributed by atoms with Crippen LogP contribution in [-0.4, -0.2) is 31.9 Å². The Morgan fingerprint density at radius 3 is 2.58 bits per heavy atom. The van der Waals surface area contributed by atoms with Crippen LogP contribution in [0.2, 0.25) is 0 Å². The zero-order valence-corrected chi connectivity index (χ0v) is 13.1. The summed E-state index contributed by atoms with van der Waals surface area (Å²) in [5.74, 6) is 0.188. The van der Waals surface area contributed by atoms with Crippen molar-refractivity contribution in [3.05, 3.63) is 33.8 Å². The zero-order chi connectivity index (χ0) is 14.0. The molecule has 1 N–H and O–H groups in total. The van der Waals surface area contributed by atoms with E-state index in [1.54, 1.807) is 6.07 Å². The number of hydrogen-bond acceptors (Lipinski definition) is 3. The molecule has 0 unspecified atom stereocenters. The minimum atomic E-state index is -2.89. The van der Waals surface area contributed by atoms with Gasteiger partial charge < -0.3 is 5.32 Å². The van der Waals surface area contributed by atoms with Crippen molar-refractivity contribution in [1.82, 2.24) is 5.32 Å². The lowest BCUT2D eigenvalue weighted by atomic mass is 10.1. The van der Waals surface area contributed by atoms with E-state index in [1.807, 2.05) is 19.1 Å². The highest BCUT2D eigenvalue weighted by atomic mass is 79.9. The normalized spacial score (nSPS) is 19.1. The van der Waals surface area contributed by atoms with E-state index in [1.165, 1.54) is 0 Å². The molecule has 19 heavy (non-hydrogen) atoms. The van der Waals surface area contributed by atoms with Crippen molar-refractivity contribution in [3.63, 3.8) is 0 Å². The fourth-order valence-electron chi connectivity index (χ4n) is 2.15. The van der Waals surface area contributed by atoms with Crippen LogP contribution in [0.3, 0.4) is 0 Å². The number of rotatable bonds is 2. The molecule has 6 heteroatoms. The van der Waals surface area contributed by atoms with E-state index in [2.05, 4.69) is 21.2 Å². The van der Waals surface area contributed by atoms with Crippen LogP contribution in [0.1, 0.15) is 28.8 Å². The van der Waals surface area contributed by atoms with Crippen LogP contribution < -0.4 is 5.32 Å². The summed E-state index contributed by atoms with van der Waals surface area (Å²) < 4.78 is 23.6. The average Bonchev–Trinajstić information content (AvgIpc) is 2.35. The van der Waals surface area contributed by atoms with Crippen molar-refractivity contribution in [2.45, 2.75) is 25.8 Å². The van der Waals surface area contributed by atoms with Gasteiger partial charge in [0.1, 0.15) is 9.84 Å². The summed E-state index contributed by atoms with van der Waals surface area (Å²) in [6.45, 7) is 1.88. The lowest BCUT2D eigenvalue weighted by Crippen LogP contribution is -2.41. The maximum Gasteiger partial charge on any atom is 0.251 e. The van der Waals surface area contributed by atoms with Gasteiger partial charge in [0.05, 0.1) is 11.5 Å². The van der Waals surface area contributed by atoms with Crippen LogP contribution in [0.25, 0.3) is 0 Å². The topological polar surface area (TPSA) is 63.2 Å². The molecule has 0 atom stereocenters. The Morgan fingerprint density at radius 1 is 1.32 bits per heavy atom. The van der Waals surface area contributed by atoms with Crippen molar-refractivity contribution >= 4 is 31.7 Å². The average molecular weight is 346 g/mol. The summed E-state index contributed by atoms with van der Waals surface area (Å²) in [4.78, 5) is 12.2. The summed E-state index contributed by atoms with van der Waals surface area (Å²) in [7, 11) is -2.89. The Hall–Kier alpha value is -0.880. The molecule has 1 aromatic rings. The van der Waals surface area contributed by atoms with Gasteiger partial charge in [0.15, 0.2) is 0 Å². The van der Waals surface area contributed by atoms with Crippen molar-refractivity contribution in [1.29, 1.82) is 0 Å². The third-order valence-corrected chi connectivity index (χ3v) is 5.98.